The van der Waals surface area contributed by atoms with E-state index in [1.807, 2.05) is 18.3 Å². The van der Waals surface area contributed by atoms with Gasteiger partial charge in [-0.2, -0.15) is 0 Å². The molecule has 8 nitrogen and oxygen atoms in total. The molecule has 35 heavy (non-hydrogen) atoms. The average Bonchev–Trinajstić information content (AvgIpc) is 3.47. The summed E-state index contributed by atoms with van der Waals surface area (Å²) in [4.78, 5) is 22.0. The number of nitrogens with one attached hydrogen (secondary N) is 2. The Balaban J connectivity index is 1.33. The molecule has 2 N–H and O–H groups in total. The number of anilines is 2. The normalized spacial score (nSPS) is 10.9. The molecule has 5 rings (SSSR count). The number of hydrogen-bond donors (Lipinski definition) is 2. The highest BCUT2D eigenvalue weighted by Gasteiger charge is 2.14. The first-order chi connectivity index (χ1) is 17.0. The number of aryl methyl sites for hydroxylation is 2. The molecule has 0 aliphatic heterocycles. The third kappa shape index (κ3) is 4.97. The maximum absolute atomic E-state index is 14.8. The van der Waals surface area contributed by atoms with Crippen molar-refractivity contribution in [1.82, 2.24) is 15.1 Å². The predicted molar refractivity (Wildman–Crippen MR) is 133 cm³/mol. The van der Waals surface area contributed by atoms with Crippen molar-refractivity contribution >= 4 is 39.1 Å². The molecule has 0 fully saturated rings. The molecule has 2 amide bonds. The van der Waals surface area contributed by atoms with Crippen LogP contribution in [-0.2, 0) is 6.42 Å². The van der Waals surface area contributed by atoms with Crippen molar-refractivity contribution in [3.63, 3.8) is 0 Å². The number of carbonyl (C=O) groups is 1. The fraction of sp³-hybridized carbons (Fsp3) is 0.120. The number of rotatable bonds is 6. The van der Waals surface area contributed by atoms with Crippen molar-refractivity contribution in [1.29, 1.82) is 0 Å². The molecule has 4 heterocycles. The van der Waals surface area contributed by atoms with E-state index in [-0.39, 0.29) is 17.3 Å². The molecule has 0 saturated heterocycles. The van der Waals surface area contributed by atoms with Crippen molar-refractivity contribution < 1.29 is 18.4 Å². The van der Waals surface area contributed by atoms with Gasteiger partial charge >= 0.3 is 6.03 Å². The van der Waals surface area contributed by atoms with Crippen molar-refractivity contribution in [2.75, 3.05) is 10.6 Å². The van der Waals surface area contributed by atoms with Crippen LogP contribution in [0.4, 0.5) is 20.7 Å². The second-order valence-corrected chi connectivity index (χ2v) is 8.74. The van der Waals surface area contributed by atoms with Crippen LogP contribution in [-0.4, -0.2) is 21.2 Å². The standard InChI is InChI=1S/C25H20FN5O3S/c1-3-15-4-6-18(28-13-15)22-12-19-24(35-22)21(8-9-27-19)33-20-7-5-16(11-17(20)26)29-25(32)30-23-10-14(2)34-31-23/h4-13H,3H2,1-2H3,(H2,29,30,31,32). The van der Waals surface area contributed by atoms with Crippen LogP contribution in [0.5, 0.6) is 11.5 Å². The molecule has 0 unspecified atom stereocenters. The number of halogens is 1. The summed E-state index contributed by atoms with van der Waals surface area (Å²) in [6, 6.07) is 12.8. The van der Waals surface area contributed by atoms with Crippen molar-refractivity contribution in [2.45, 2.75) is 20.3 Å². The van der Waals surface area contributed by atoms with E-state index >= 15 is 0 Å². The minimum Gasteiger partial charge on any atom is -0.453 e. The van der Waals surface area contributed by atoms with Gasteiger partial charge in [0.05, 0.1) is 20.8 Å². The SMILES string of the molecule is CCc1ccc(-c2cc3nccc(Oc4ccc(NC(=O)Nc5cc(C)on5)cc4F)c3s2)nc1. The van der Waals surface area contributed by atoms with E-state index in [2.05, 4.69) is 38.7 Å². The molecular formula is C25H20FN5O3S. The number of ether oxygens (including phenoxy) is 1. The van der Waals surface area contributed by atoms with Gasteiger partial charge in [-0.15, -0.1) is 11.3 Å². The molecule has 0 saturated carbocycles. The molecule has 0 atom stereocenters. The van der Waals surface area contributed by atoms with Gasteiger partial charge in [-0.05, 0) is 43.2 Å². The fourth-order valence-electron chi connectivity index (χ4n) is 3.38. The van der Waals surface area contributed by atoms with Crippen molar-refractivity contribution in [2.24, 2.45) is 0 Å². The summed E-state index contributed by atoms with van der Waals surface area (Å²) in [5.41, 5.74) is 3.00. The van der Waals surface area contributed by atoms with Gasteiger partial charge in [-0.1, -0.05) is 18.1 Å². The Hall–Kier alpha value is -4.31. The highest BCUT2D eigenvalue weighted by atomic mass is 32.1. The van der Waals surface area contributed by atoms with E-state index in [1.54, 1.807) is 31.3 Å². The zero-order chi connectivity index (χ0) is 24.4. The number of urea groups is 1. The second-order valence-electron chi connectivity index (χ2n) is 7.69. The molecule has 0 aliphatic rings. The van der Waals surface area contributed by atoms with Crippen molar-refractivity contribution in [3.8, 4) is 22.1 Å². The van der Waals surface area contributed by atoms with Crippen LogP contribution in [0.3, 0.4) is 0 Å². The number of pyridine rings is 2. The van der Waals surface area contributed by atoms with E-state index < -0.39 is 11.8 Å². The first kappa shape index (κ1) is 22.5. The summed E-state index contributed by atoms with van der Waals surface area (Å²) < 4.78 is 26.4. The average molecular weight is 490 g/mol. The maximum Gasteiger partial charge on any atom is 0.324 e. The lowest BCUT2D eigenvalue weighted by Crippen LogP contribution is -2.19. The van der Waals surface area contributed by atoms with Crippen LogP contribution in [0.1, 0.15) is 18.2 Å². The molecular weight excluding hydrogens is 469 g/mol. The number of fused-ring (bicyclic) bond motifs is 1. The van der Waals surface area contributed by atoms with Gasteiger partial charge < -0.3 is 14.6 Å². The molecule has 5 aromatic rings. The molecule has 0 radical (unpaired) electrons. The molecule has 0 aliphatic carbocycles. The second kappa shape index (κ2) is 9.51. The maximum atomic E-state index is 14.8. The van der Waals surface area contributed by atoms with E-state index in [4.69, 9.17) is 9.26 Å². The largest absolute Gasteiger partial charge is 0.453 e. The Bertz CT molecular complexity index is 1510. The Morgan fingerprint density at radius 1 is 1.09 bits per heavy atom. The van der Waals surface area contributed by atoms with Crippen LogP contribution in [0.2, 0.25) is 0 Å². The zero-order valence-corrected chi connectivity index (χ0v) is 19.6. The van der Waals surface area contributed by atoms with Crippen LogP contribution in [0.25, 0.3) is 20.8 Å². The number of hydrogen-bond acceptors (Lipinski definition) is 7. The van der Waals surface area contributed by atoms with Gasteiger partial charge in [0.2, 0.25) is 0 Å². The topological polar surface area (TPSA) is 102 Å². The number of nitrogens with zero attached hydrogens (tertiary/aromatic N) is 3. The van der Waals surface area contributed by atoms with E-state index in [1.165, 1.54) is 23.5 Å². The quantitative estimate of drug-likeness (QED) is 0.272. The first-order valence-electron chi connectivity index (χ1n) is 10.8. The molecule has 4 aromatic heterocycles. The molecule has 0 bridgehead atoms. The lowest BCUT2D eigenvalue weighted by atomic mass is 10.2. The van der Waals surface area contributed by atoms with Gasteiger partial charge in [0, 0.05) is 36.3 Å². The van der Waals surface area contributed by atoms with Crippen LogP contribution in [0.15, 0.2) is 65.4 Å². The number of carbonyl (C=O) groups excluding carboxylic acids is 1. The molecule has 1 aromatic carbocycles. The molecule has 10 heteroatoms. The van der Waals surface area contributed by atoms with Crippen LogP contribution < -0.4 is 15.4 Å². The van der Waals surface area contributed by atoms with Crippen LogP contribution in [0, 0.1) is 12.7 Å². The molecule has 176 valence electrons. The van der Waals surface area contributed by atoms with E-state index in [9.17, 15) is 9.18 Å². The minimum absolute atomic E-state index is 0.0240. The molecule has 0 spiro atoms. The Morgan fingerprint density at radius 3 is 2.69 bits per heavy atom. The Kier molecular flexibility index (Phi) is 6.11. The van der Waals surface area contributed by atoms with Gasteiger partial charge in [-0.25, -0.2) is 9.18 Å². The van der Waals surface area contributed by atoms with E-state index in [0.29, 0.717) is 11.5 Å². The Morgan fingerprint density at radius 2 is 1.97 bits per heavy atom. The van der Waals surface area contributed by atoms with E-state index in [0.717, 1.165) is 32.8 Å². The van der Waals surface area contributed by atoms with Crippen molar-refractivity contribution in [3.05, 3.63) is 78.1 Å². The van der Waals surface area contributed by atoms with Gasteiger partial charge in [0.1, 0.15) is 11.5 Å². The smallest absolute Gasteiger partial charge is 0.324 e. The predicted octanol–water partition coefficient (Wildman–Crippen LogP) is 6.79. The summed E-state index contributed by atoms with van der Waals surface area (Å²) in [6.07, 6.45) is 4.40. The van der Waals surface area contributed by atoms with Gasteiger partial charge in [-0.3, -0.25) is 15.3 Å². The summed E-state index contributed by atoms with van der Waals surface area (Å²) in [7, 11) is 0. The lowest BCUT2D eigenvalue weighted by molar-refractivity contribution is 0.262. The van der Waals surface area contributed by atoms with Gasteiger partial charge in [0.15, 0.2) is 17.4 Å². The minimum atomic E-state index is -0.626. The highest BCUT2D eigenvalue weighted by Crippen LogP contribution is 2.39. The fourth-order valence-corrected chi connectivity index (χ4v) is 4.43. The number of benzene rings is 1. The summed E-state index contributed by atoms with van der Waals surface area (Å²) >= 11 is 1.48. The number of amides is 2. The van der Waals surface area contributed by atoms with Crippen LogP contribution >= 0.6 is 11.3 Å². The monoisotopic (exact) mass is 489 g/mol. The lowest BCUT2D eigenvalue weighted by Gasteiger charge is -2.10. The number of aromatic nitrogens is 3. The summed E-state index contributed by atoms with van der Waals surface area (Å²) in [5.74, 6) is 0.695. The summed E-state index contributed by atoms with van der Waals surface area (Å²) in [5, 5.41) is 8.74. The number of thiophene rings is 1. The zero-order valence-electron chi connectivity index (χ0n) is 18.8. The Labute approximate surface area is 203 Å². The highest BCUT2D eigenvalue weighted by molar-refractivity contribution is 7.22. The third-order valence-corrected chi connectivity index (χ3v) is 6.30. The first-order valence-corrected chi connectivity index (χ1v) is 11.6. The summed E-state index contributed by atoms with van der Waals surface area (Å²) in [6.45, 7) is 3.79. The van der Waals surface area contributed by atoms with Gasteiger partial charge in [0.25, 0.3) is 0 Å². The third-order valence-electron chi connectivity index (χ3n) is 5.14.